The van der Waals surface area contributed by atoms with E-state index in [1.54, 1.807) is 40.3 Å². The Bertz CT molecular complexity index is 1750. The van der Waals surface area contributed by atoms with Crippen LogP contribution in [0.4, 0.5) is 0 Å². The Hall–Kier alpha value is -4.25. The third-order valence-corrected chi connectivity index (χ3v) is 11.3. The molecule has 3 unspecified atom stereocenters. The summed E-state index contributed by atoms with van der Waals surface area (Å²) in [6.07, 6.45) is 13.8. The molecule has 294 valence electrons. The van der Waals surface area contributed by atoms with E-state index in [1.807, 2.05) is 26.0 Å². The molecular formula is C42H58ClN5O6. The number of aromatic amines is 1. The van der Waals surface area contributed by atoms with Crippen molar-refractivity contribution >= 4 is 46.1 Å². The molecule has 4 amide bonds. The number of nitrogens with one attached hydrogen (secondary N) is 3. The molecule has 3 N–H and O–H groups in total. The number of nitrogens with zero attached hydrogens (tertiary/aromatic N) is 2. The second kappa shape index (κ2) is 19.4. The number of amides is 4. The van der Waals surface area contributed by atoms with E-state index >= 15 is 0 Å². The normalized spacial score (nSPS) is 20.1. The highest BCUT2D eigenvalue weighted by Gasteiger charge is 2.48. The molecule has 1 aliphatic carbocycles. The molecule has 3 heterocycles. The van der Waals surface area contributed by atoms with E-state index in [0.29, 0.717) is 41.7 Å². The number of likely N-dealkylation sites (tertiary alicyclic amines) is 2. The lowest BCUT2D eigenvalue weighted by Gasteiger charge is -2.39. The Labute approximate surface area is 324 Å². The summed E-state index contributed by atoms with van der Waals surface area (Å²) in [5.41, 5.74) is 2.13. The van der Waals surface area contributed by atoms with E-state index in [4.69, 9.17) is 21.1 Å². The number of rotatable bonds is 11. The molecular weight excluding hydrogens is 706 g/mol. The van der Waals surface area contributed by atoms with Crippen molar-refractivity contribution in [3.63, 3.8) is 0 Å². The zero-order valence-corrected chi connectivity index (χ0v) is 33.3. The van der Waals surface area contributed by atoms with Crippen LogP contribution in [0.15, 0.2) is 42.6 Å². The minimum absolute atomic E-state index is 0.0567. The van der Waals surface area contributed by atoms with Crippen molar-refractivity contribution in [3.8, 4) is 11.5 Å². The second-order valence-corrected chi connectivity index (χ2v) is 15.7. The molecule has 6 rings (SSSR count). The average molecular weight is 764 g/mol. The van der Waals surface area contributed by atoms with Crippen LogP contribution in [0.3, 0.4) is 0 Å². The number of hydrogen-bond donors (Lipinski definition) is 3. The van der Waals surface area contributed by atoms with E-state index < -0.39 is 5.92 Å². The number of H-pyrrole nitrogens is 1. The first kappa shape index (κ1) is 40.9. The summed E-state index contributed by atoms with van der Waals surface area (Å²) in [7, 11) is 3.03. The molecule has 0 bridgehead atoms. The minimum Gasteiger partial charge on any atom is -0.493 e. The number of carbonyl (C=O) groups excluding carboxylic acids is 4. The van der Waals surface area contributed by atoms with Crippen molar-refractivity contribution < 1.29 is 28.7 Å². The van der Waals surface area contributed by atoms with Gasteiger partial charge in [0.1, 0.15) is 0 Å². The molecule has 54 heavy (non-hydrogen) atoms. The van der Waals surface area contributed by atoms with Gasteiger partial charge in [0.05, 0.1) is 32.1 Å². The van der Waals surface area contributed by atoms with Crippen molar-refractivity contribution in [1.29, 1.82) is 0 Å². The monoisotopic (exact) mass is 763 g/mol. The van der Waals surface area contributed by atoms with Crippen LogP contribution in [0.5, 0.6) is 11.5 Å². The summed E-state index contributed by atoms with van der Waals surface area (Å²) >= 11 is 6.12. The first-order chi connectivity index (χ1) is 26.0. The molecule has 1 aromatic heterocycles. The van der Waals surface area contributed by atoms with Gasteiger partial charge in [-0.25, -0.2) is 0 Å². The van der Waals surface area contributed by atoms with Gasteiger partial charge in [0.15, 0.2) is 11.5 Å². The maximum atomic E-state index is 13.7. The van der Waals surface area contributed by atoms with E-state index in [9.17, 15) is 19.2 Å². The predicted octanol–water partition coefficient (Wildman–Crippen LogP) is 6.63. The SMILES string of the molecule is CCCC1CCCCCC1.CNC(=O)CNC(=O)C1CN(C(=O)Cc2c[nH]c3cc(Cl)ccc23)CC2CN(C(=O)c3ccc(OC(C)C)c(OC)c3)CC21. The van der Waals surface area contributed by atoms with Crippen LogP contribution in [0.2, 0.25) is 5.02 Å². The largest absolute Gasteiger partial charge is 0.493 e. The van der Waals surface area contributed by atoms with Crippen LogP contribution in [-0.4, -0.2) is 91.4 Å². The Morgan fingerprint density at radius 1 is 0.944 bits per heavy atom. The minimum atomic E-state index is -0.585. The first-order valence-electron chi connectivity index (χ1n) is 19.7. The van der Waals surface area contributed by atoms with E-state index in [0.717, 1.165) is 22.4 Å². The molecule has 1 saturated carbocycles. The number of fused-ring (bicyclic) bond motifs is 2. The van der Waals surface area contributed by atoms with Crippen LogP contribution >= 0.6 is 11.6 Å². The molecule has 0 spiro atoms. The molecule has 3 fully saturated rings. The summed E-state index contributed by atoms with van der Waals surface area (Å²) < 4.78 is 11.3. The van der Waals surface area contributed by atoms with Crippen LogP contribution in [0.1, 0.15) is 88.1 Å². The van der Waals surface area contributed by atoms with E-state index in [-0.39, 0.29) is 61.1 Å². The maximum absolute atomic E-state index is 13.7. The summed E-state index contributed by atoms with van der Waals surface area (Å²) in [5.74, 6) is 0.304. The second-order valence-electron chi connectivity index (χ2n) is 15.3. The highest BCUT2D eigenvalue weighted by molar-refractivity contribution is 6.31. The van der Waals surface area contributed by atoms with Crippen molar-refractivity contribution in [2.45, 2.75) is 84.7 Å². The number of methoxy groups -OCH3 is 1. The molecule has 2 saturated heterocycles. The topological polar surface area (TPSA) is 133 Å². The van der Waals surface area contributed by atoms with Gasteiger partial charge in [0.2, 0.25) is 17.7 Å². The number of carbonyl (C=O) groups is 4. The summed E-state index contributed by atoms with van der Waals surface area (Å²) in [6, 6.07) is 10.6. The van der Waals surface area contributed by atoms with Gasteiger partial charge in [-0.3, -0.25) is 19.2 Å². The Morgan fingerprint density at radius 2 is 1.69 bits per heavy atom. The van der Waals surface area contributed by atoms with Crippen molar-refractivity contribution in [3.05, 3.63) is 58.7 Å². The van der Waals surface area contributed by atoms with E-state index in [1.165, 1.54) is 65.5 Å². The lowest BCUT2D eigenvalue weighted by Crippen LogP contribution is -2.54. The predicted molar refractivity (Wildman–Crippen MR) is 212 cm³/mol. The number of likely N-dealkylation sites (N-methyl/N-ethyl adjacent to an activating group) is 1. The van der Waals surface area contributed by atoms with Crippen molar-refractivity contribution in [2.24, 2.45) is 23.7 Å². The fraction of sp³-hybridized carbons (Fsp3) is 0.571. The Morgan fingerprint density at radius 3 is 2.37 bits per heavy atom. The van der Waals surface area contributed by atoms with Crippen molar-refractivity contribution in [1.82, 2.24) is 25.4 Å². The van der Waals surface area contributed by atoms with Crippen LogP contribution in [0, 0.1) is 23.7 Å². The van der Waals surface area contributed by atoms with E-state index in [2.05, 4.69) is 22.5 Å². The van der Waals surface area contributed by atoms with Gasteiger partial charge in [-0.15, -0.1) is 0 Å². The lowest BCUT2D eigenvalue weighted by molar-refractivity contribution is -0.139. The number of benzene rings is 2. The third kappa shape index (κ3) is 10.5. The smallest absolute Gasteiger partial charge is 0.254 e. The Kier molecular flexibility index (Phi) is 14.7. The van der Waals surface area contributed by atoms with Crippen LogP contribution in [0.25, 0.3) is 10.9 Å². The van der Waals surface area contributed by atoms with Crippen molar-refractivity contribution in [2.75, 3.05) is 46.9 Å². The van der Waals surface area contributed by atoms with Crippen LogP contribution in [-0.2, 0) is 20.8 Å². The maximum Gasteiger partial charge on any atom is 0.254 e. The van der Waals surface area contributed by atoms with Gasteiger partial charge in [0.25, 0.3) is 5.91 Å². The van der Waals surface area contributed by atoms with Gasteiger partial charge < -0.3 is 34.9 Å². The van der Waals surface area contributed by atoms with Gasteiger partial charge in [0, 0.05) is 60.9 Å². The molecule has 11 nitrogen and oxygen atoms in total. The van der Waals surface area contributed by atoms with Gasteiger partial charge in [-0.05, 0) is 67.5 Å². The third-order valence-electron chi connectivity index (χ3n) is 11.1. The Balaban J connectivity index is 0.000000486. The lowest BCUT2D eigenvalue weighted by atomic mass is 9.79. The highest BCUT2D eigenvalue weighted by Crippen LogP contribution is 2.38. The average Bonchev–Trinajstić information content (AvgIpc) is 3.68. The molecule has 3 aliphatic rings. The fourth-order valence-electron chi connectivity index (χ4n) is 8.28. The number of ether oxygens (including phenoxy) is 2. The molecule has 2 aliphatic heterocycles. The summed E-state index contributed by atoms with van der Waals surface area (Å²) in [4.78, 5) is 59.2. The highest BCUT2D eigenvalue weighted by atomic mass is 35.5. The zero-order chi connectivity index (χ0) is 38.8. The fourth-order valence-corrected chi connectivity index (χ4v) is 8.46. The van der Waals surface area contributed by atoms with Gasteiger partial charge >= 0.3 is 0 Å². The van der Waals surface area contributed by atoms with Crippen LogP contribution < -0.4 is 20.1 Å². The molecule has 3 atom stereocenters. The van der Waals surface area contributed by atoms with Gasteiger partial charge in [-0.1, -0.05) is 76.0 Å². The summed E-state index contributed by atoms with van der Waals surface area (Å²) in [6.45, 7) is 7.35. The molecule has 2 aromatic carbocycles. The summed E-state index contributed by atoms with van der Waals surface area (Å²) in [5, 5.41) is 6.74. The number of aromatic nitrogens is 1. The number of halogens is 1. The number of hydrogen-bond acceptors (Lipinski definition) is 6. The quantitative estimate of drug-likeness (QED) is 0.188. The van der Waals surface area contributed by atoms with Gasteiger partial charge in [-0.2, -0.15) is 0 Å². The molecule has 12 heteroatoms. The number of piperidine rings is 1. The first-order valence-corrected chi connectivity index (χ1v) is 20.0. The standard InChI is InChI=1S/C32H38ClN5O6.C10H20/c1-18(2)44-27-8-5-19(9-28(27)43-4)32(42)38-15-21-14-37(17-25(24(21)16-38)31(41)36-13-29(39)34-3)30(40)10-20-12-35-26-11-22(33)6-7-23(20)26;1-2-7-10-8-5-3-4-6-9-10/h5-9,11-12,18,21,24-25,35H,10,13-17H2,1-4H3,(H,34,39)(H,36,41);10H,2-9H2,1H3. The molecule has 0 radical (unpaired) electrons. The zero-order valence-electron chi connectivity index (χ0n) is 32.5. The molecule has 3 aromatic rings.